The highest BCUT2D eigenvalue weighted by Crippen LogP contribution is 2.31. The quantitative estimate of drug-likeness (QED) is 0.663. The Morgan fingerprint density at radius 1 is 1.07 bits per heavy atom. The van der Waals surface area contributed by atoms with Crippen LogP contribution in [-0.2, 0) is 6.18 Å². The number of para-hydroxylation sites is 1. The van der Waals surface area contributed by atoms with E-state index in [0.29, 0.717) is 11.6 Å². The SMILES string of the molecule is Cc1ccccc1N1CC(N(C)c2ccc(-c3noc(C(F)(F)F)n3)cc2)C1. The summed E-state index contributed by atoms with van der Waals surface area (Å²) in [5.41, 5.74) is 3.97. The molecule has 2 aromatic carbocycles. The van der Waals surface area contributed by atoms with Crippen LogP contribution in [0.15, 0.2) is 53.1 Å². The van der Waals surface area contributed by atoms with Gasteiger partial charge in [0, 0.05) is 37.1 Å². The molecule has 0 spiro atoms. The van der Waals surface area contributed by atoms with E-state index in [4.69, 9.17) is 0 Å². The highest BCUT2D eigenvalue weighted by molar-refractivity contribution is 5.62. The first-order chi connectivity index (χ1) is 13.3. The largest absolute Gasteiger partial charge is 0.471 e. The second kappa shape index (κ2) is 6.85. The van der Waals surface area contributed by atoms with Crippen molar-refractivity contribution in [1.82, 2.24) is 10.1 Å². The first-order valence-corrected chi connectivity index (χ1v) is 8.87. The van der Waals surface area contributed by atoms with Gasteiger partial charge in [-0.1, -0.05) is 23.4 Å². The van der Waals surface area contributed by atoms with Gasteiger partial charge in [0.1, 0.15) is 0 Å². The minimum Gasteiger partial charge on any atom is -0.368 e. The smallest absolute Gasteiger partial charge is 0.368 e. The Labute approximate surface area is 160 Å². The normalized spacial score (nSPS) is 14.8. The van der Waals surface area contributed by atoms with Gasteiger partial charge in [0.2, 0.25) is 5.82 Å². The van der Waals surface area contributed by atoms with Crippen molar-refractivity contribution < 1.29 is 17.7 Å². The molecule has 8 heteroatoms. The van der Waals surface area contributed by atoms with Crippen LogP contribution < -0.4 is 9.80 Å². The molecule has 1 saturated heterocycles. The van der Waals surface area contributed by atoms with Gasteiger partial charge in [-0.3, -0.25) is 0 Å². The molecule has 28 heavy (non-hydrogen) atoms. The fourth-order valence-corrected chi connectivity index (χ4v) is 3.33. The Balaban J connectivity index is 1.42. The molecule has 0 N–H and O–H groups in total. The first kappa shape index (κ1) is 18.3. The number of nitrogens with zero attached hydrogens (tertiary/aromatic N) is 4. The van der Waals surface area contributed by atoms with E-state index < -0.39 is 12.1 Å². The lowest BCUT2D eigenvalue weighted by atomic mass is 10.0. The summed E-state index contributed by atoms with van der Waals surface area (Å²) in [5.74, 6) is -1.41. The van der Waals surface area contributed by atoms with E-state index in [-0.39, 0.29) is 5.82 Å². The zero-order valence-corrected chi connectivity index (χ0v) is 15.4. The Hall–Kier alpha value is -3.03. The van der Waals surface area contributed by atoms with Crippen LogP contribution in [0.5, 0.6) is 0 Å². The van der Waals surface area contributed by atoms with Crippen molar-refractivity contribution in [2.24, 2.45) is 0 Å². The molecular weight excluding hydrogens is 369 g/mol. The monoisotopic (exact) mass is 388 g/mol. The summed E-state index contributed by atoms with van der Waals surface area (Å²) in [6.45, 7) is 3.94. The van der Waals surface area contributed by atoms with E-state index in [1.54, 1.807) is 12.1 Å². The van der Waals surface area contributed by atoms with Crippen molar-refractivity contribution in [3.05, 3.63) is 60.0 Å². The predicted molar refractivity (Wildman–Crippen MR) is 100 cm³/mol. The van der Waals surface area contributed by atoms with Gasteiger partial charge in [-0.05, 0) is 42.8 Å². The van der Waals surface area contributed by atoms with Crippen LogP contribution >= 0.6 is 0 Å². The van der Waals surface area contributed by atoms with Gasteiger partial charge in [-0.2, -0.15) is 18.2 Å². The number of rotatable bonds is 4. The van der Waals surface area contributed by atoms with Crippen LogP contribution in [0, 0.1) is 6.92 Å². The number of benzene rings is 2. The van der Waals surface area contributed by atoms with Gasteiger partial charge in [0.15, 0.2) is 0 Å². The third kappa shape index (κ3) is 3.42. The number of anilines is 2. The summed E-state index contributed by atoms with van der Waals surface area (Å²) in [6.07, 6.45) is -4.64. The van der Waals surface area contributed by atoms with Crippen LogP contribution in [0.3, 0.4) is 0 Å². The number of alkyl halides is 3. The van der Waals surface area contributed by atoms with Gasteiger partial charge in [0.05, 0.1) is 6.04 Å². The third-order valence-electron chi connectivity index (χ3n) is 5.07. The Bertz CT molecular complexity index is 962. The van der Waals surface area contributed by atoms with E-state index in [1.165, 1.54) is 11.3 Å². The summed E-state index contributed by atoms with van der Waals surface area (Å²) in [7, 11) is 2.02. The molecule has 1 aromatic heterocycles. The zero-order valence-electron chi connectivity index (χ0n) is 15.4. The minimum atomic E-state index is -4.64. The topological polar surface area (TPSA) is 45.4 Å². The third-order valence-corrected chi connectivity index (χ3v) is 5.07. The molecule has 4 rings (SSSR count). The van der Waals surface area contributed by atoms with Crippen molar-refractivity contribution >= 4 is 11.4 Å². The van der Waals surface area contributed by atoms with Crippen molar-refractivity contribution in [2.45, 2.75) is 19.1 Å². The molecule has 2 heterocycles. The maximum atomic E-state index is 12.6. The first-order valence-electron chi connectivity index (χ1n) is 8.87. The van der Waals surface area contributed by atoms with E-state index in [2.05, 4.69) is 43.5 Å². The molecule has 0 unspecified atom stereocenters. The summed E-state index contributed by atoms with van der Waals surface area (Å²) >= 11 is 0. The Morgan fingerprint density at radius 3 is 2.36 bits per heavy atom. The fraction of sp³-hybridized carbons (Fsp3) is 0.300. The summed E-state index contributed by atoms with van der Waals surface area (Å²) in [4.78, 5) is 7.93. The van der Waals surface area contributed by atoms with Crippen LogP contribution in [0.25, 0.3) is 11.4 Å². The average Bonchev–Trinajstić information content (AvgIpc) is 3.13. The molecule has 0 amide bonds. The number of likely N-dealkylation sites (N-methyl/N-ethyl adjacent to an activating group) is 1. The molecule has 3 aromatic rings. The molecule has 5 nitrogen and oxygen atoms in total. The minimum absolute atomic E-state index is 0.0732. The van der Waals surface area contributed by atoms with Crippen molar-refractivity contribution in [1.29, 1.82) is 0 Å². The van der Waals surface area contributed by atoms with E-state index >= 15 is 0 Å². The number of halogens is 3. The lowest BCUT2D eigenvalue weighted by Crippen LogP contribution is -2.59. The number of aromatic nitrogens is 2. The maximum Gasteiger partial charge on any atom is 0.471 e. The molecule has 0 aliphatic carbocycles. The molecule has 0 atom stereocenters. The van der Waals surface area contributed by atoms with Crippen molar-refractivity contribution in [3.63, 3.8) is 0 Å². The van der Waals surface area contributed by atoms with Crippen LogP contribution in [-0.4, -0.2) is 36.3 Å². The average molecular weight is 388 g/mol. The van der Waals surface area contributed by atoms with Gasteiger partial charge >= 0.3 is 12.1 Å². The molecule has 0 radical (unpaired) electrons. The molecule has 1 aliphatic heterocycles. The maximum absolute atomic E-state index is 12.6. The second-order valence-electron chi connectivity index (χ2n) is 6.92. The number of hydrogen-bond acceptors (Lipinski definition) is 5. The number of hydrogen-bond donors (Lipinski definition) is 0. The summed E-state index contributed by atoms with van der Waals surface area (Å²) in [5, 5.41) is 3.42. The molecule has 1 fully saturated rings. The lowest BCUT2D eigenvalue weighted by Gasteiger charge is -2.46. The van der Waals surface area contributed by atoms with Crippen LogP contribution in [0.2, 0.25) is 0 Å². The highest BCUT2D eigenvalue weighted by Gasteiger charge is 2.38. The molecule has 146 valence electrons. The molecular formula is C20H19F3N4O. The van der Waals surface area contributed by atoms with Crippen LogP contribution in [0.4, 0.5) is 24.5 Å². The lowest BCUT2D eigenvalue weighted by molar-refractivity contribution is -0.159. The second-order valence-corrected chi connectivity index (χ2v) is 6.92. The van der Waals surface area contributed by atoms with Gasteiger partial charge in [-0.15, -0.1) is 0 Å². The molecule has 0 saturated carbocycles. The van der Waals surface area contributed by atoms with E-state index in [9.17, 15) is 13.2 Å². The van der Waals surface area contributed by atoms with Crippen molar-refractivity contribution in [2.75, 3.05) is 29.9 Å². The predicted octanol–water partition coefficient (Wildman–Crippen LogP) is 4.39. The number of aryl methyl sites for hydroxylation is 1. The van der Waals surface area contributed by atoms with E-state index in [0.717, 1.165) is 18.8 Å². The summed E-state index contributed by atoms with van der Waals surface area (Å²) in [6, 6.07) is 15.8. The van der Waals surface area contributed by atoms with Gasteiger partial charge < -0.3 is 14.3 Å². The standard InChI is InChI=1S/C20H19F3N4O/c1-13-5-3-4-6-17(13)27-11-16(12-27)26(2)15-9-7-14(8-10-15)18-24-19(28-25-18)20(21,22)23/h3-10,16H,11-12H2,1-2H3. The van der Waals surface area contributed by atoms with Crippen LogP contribution in [0.1, 0.15) is 11.5 Å². The van der Waals surface area contributed by atoms with Crippen molar-refractivity contribution in [3.8, 4) is 11.4 Å². The zero-order chi connectivity index (χ0) is 19.9. The fourth-order valence-electron chi connectivity index (χ4n) is 3.33. The van der Waals surface area contributed by atoms with E-state index in [1.807, 2.05) is 31.3 Å². The van der Waals surface area contributed by atoms with Gasteiger partial charge in [-0.25, -0.2) is 0 Å². The Kier molecular flexibility index (Phi) is 4.49. The molecule has 0 bridgehead atoms. The molecule has 1 aliphatic rings. The highest BCUT2D eigenvalue weighted by atomic mass is 19.4. The Morgan fingerprint density at radius 2 is 1.75 bits per heavy atom. The van der Waals surface area contributed by atoms with Gasteiger partial charge in [0.25, 0.3) is 0 Å². The summed E-state index contributed by atoms with van der Waals surface area (Å²) < 4.78 is 42.1.